The van der Waals surface area contributed by atoms with Gasteiger partial charge in [-0.3, -0.25) is 4.79 Å². The zero-order valence-electron chi connectivity index (χ0n) is 12.0. The molecule has 1 heterocycles. The van der Waals surface area contributed by atoms with Gasteiger partial charge in [-0.2, -0.15) is 0 Å². The van der Waals surface area contributed by atoms with E-state index in [-0.39, 0.29) is 11.8 Å². The number of benzene rings is 1. The van der Waals surface area contributed by atoms with Crippen LogP contribution in [-0.2, 0) is 11.2 Å². The molecule has 5 nitrogen and oxygen atoms in total. The van der Waals surface area contributed by atoms with Gasteiger partial charge in [0, 0.05) is 17.0 Å². The van der Waals surface area contributed by atoms with Gasteiger partial charge in [0.05, 0.1) is 0 Å². The fraction of sp³-hybridized carbons (Fsp3) is 0.188. The van der Waals surface area contributed by atoms with Gasteiger partial charge in [0.15, 0.2) is 0 Å². The van der Waals surface area contributed by atoms with Crippen LogP contribution in [0.1, 0.15) is 27.0 Å². The number of hydrogen-bond acceptors (Lipinski definition) is 5. The zero-order chi connectivity index (χ0) is 16.1. The number of ether oxygens (including phenoxy) is 1. The Hall–Kier alpha value is -2.47. The van der Waals surface area contributed by atoms with Gasteiger partial charge in [-0.15, -0.1) is 11.3 Å². The number of amides is 1. The molecule has 0 aliphatic heterocycles. The maximum absolute atomic E-state index is 12.1. The highest BCUT2D eigenvalue weighted by atomic mass is 32.1. The largest absolute Gasteiger partial charge is 0.422 e. The van der Waals surface area contributed by atoms with Gasteiger partial charge in [-0.1, -0.05) is 6.92 Å². The summed E-state index contributed by atoms with van der Waals surface area (Å²) in [5, 5.41) is 7.11. The highest BCUT2D eigenvalue weighted by molar-refractivity contribution is 7.13. The second kappa shape index (κ2) is 7.00. The minimum absolute atomic E-state index is 0.267. The third kappa shape index (κ3) is 4.02. The van der Waals surface area contributed by atoms with E-state index in [4.69, 9.17) is 15.9 Å². The van der Waals surface area contributed by atoms with Crippen LogP contribution in [0.25, 0.3) is 0 Å². The second-order valence-electron chi connectivity index (χ2n) is 4.88. The summed E-state index contributed by atoms with van der Waals surface area (Å²) in [5.41, 5.74) is 5.97. The average Bonchev–Trinajstić information content (AvgIpc) is 2.96. The maximum atomic E-state index is 12.1. The molecule has 2 aromatic rings. The van der Waals surface area contributed by atoms with E-state index in [1.807, 2.05) is 0 Å². The van der Waals surface area contributed by atoms with Gasteiger partial charge < -0.3 is 15.9 Å². The lowest BCUT2D eigenvalue weighted by Gasteiger charge is -2.04. The van der Waals surface area contributed by atoms with E-state index in [1.165, 1.54) is 17.6 Å². The van der Waals surface area contributed by atoms with Crippen molar-refractivity contribution in [2.24, 2.45) is 11.7 Å². The predicted octanol–water partition coefficient (Wildman–Crippen LogP) is 2.63. The number of thiophene rings is 1. The van der Waals surface area contributed by atoms with Crippen molar-refractivity contribution in [2.75, 3.05) is 0 Å². The molecule has 0 aliphatic rings. The molecule has 2 rings (SSSR count). The molecule has 0 radical (unpaired) electrons. The Morgan fingerprint density at radius 2 is 1.95 bits per heavy atom. The molecule has 0 aliphatic carbocycles. The fourth-order valence-corrected chi connectivity index (χ4v) is 2.80. The van der Waals surface area contributed by atoms with E-state index in [1.54, 1.807) is 43.3 Å². The highest BCUT2D eigenvalue weighted by Crippen LogP contribution is 2.22. The van der Waals surface area contributed by atoms with Crippen LogP contribution in [0.2, 0.25) is 0 Å². The van der Waals surface area contributed by atoms with Gasteiger partial charge >= 0.3 is 5.97 Å². The molecule has 1 atom stereocenters. The number of carbonyl (C=O) groups is 2. The molecule has 0 spiro atoms. The molecule has 1 aromatic heterocycles. The molecule has 0 saturated heterocycles. The van der Waals surface area contributed by atoms with Crippen LogP contribution >= 0.6 is 11.3 Å². The van der Waals surface area contributed by atoms with E-state index in [2.05, 4.69) is 0 Å². The number of hydrogen-bond donors (Lipinski definition) is 2. The Balaban J connectivity index is 2.02. The van der Waals surface area contributed by atoms with Crippen LogP contribution in [0.15, 0.2) is 36.4 Å². The lowest BCUT2D eigenvalue weighted by atomic mass is 10.1. The number of nitrogens with one attached hydrogen (secondary N) is 1. The molecule has 0 fully saturated rings. The third-order valence-electron chi connectivity index (χ3n) is 3.11. The molecule has 22 heavy (non-hydrogen) atoms. The van der Waals surface area contributed by atoms with Gasteiger partial charge in [-0.05, 0) is 48.4 Å². The van der Waals surface area contributed by atoms with E-state index in [0.717, 1.165) is 10.4 Å². The van der Waals surface area contributed by atoms with Gasteiger partial charge in [0.1, 0.15) is 10.6 Å². The molecule has 0 saturated carbocycles. The van der Waals surface area contributed by atoms with Crippen LogP contribution in [0.5, 0.6) is 5.75 Å². The summed E-state index contributed by atoms with van der Waals surface area (Å²) in [6, 6.07) is 10.2. The first-order chi connectivity index (χ1) is 10.5. The lowest BCUT2D eigenvalue weighted by molar-refractivity contribution is -0.121. The van der Waals surface area contributed by atoms with Gasteiger partial charge in [0.25, 0.3) is 0 Å². The number of nitrogens with two attached hydrogens (primary N) is 1. The molecular formula is C16H16N2O3S. The molecule has 114 valence electrons. The van der Waals surface area contributed by atoms with Crippen molar-refractivity contribution >= 4 is 29.4 Å². The number of esters is 1. The SMILES string of the molecule is CC(Cc1ccc(C(=O)Oc2ccc(C=N)cc2)s1)C(N)=O. The molecule has 6 heteroatoms. The fourth-order valence-electron chi connectivity index (χ4n) is 1.79. The first-order valence-electron chi connectivity index (χ1n) is 6.70. The Bertz CT molecular complexity index is 692. The van der Waals surface area contributed by atoms with Crippen molar-refractivity contribution in [2.45, 2.75) is 13.3 Å². The number of primary amides is 1. The highest BCUT2D eigenvalue weighted by Gasteiger charge is 2.15. The summed E-state index contributed by atoms with van der Waals surface area (Å²) < 4.78 is 5.27. The summed E-state index contributed by atoms with van der Waals surface area (Å²) in [4.78, 5) is 24.5. The quantitative estimate of drug-likeness (QED) is 0.487. The number of rotatable bonds is 6. The van der Waals surface area contributed by atoms with Gasteiger partial charge in [0.2, 0.25) is 5.91 Å². The first-order valence-corrected chi connectivity index (χ1v) is 7.52. The van der Waals surface area contributed by atoms with Crippen LogP contribution in [0.4, 0.5) is 0 Å². The number of carbonyl (C=O) groups excluding carboxylic acids is 2. The minimum Gasteiger partial charge on any atom is -0.422 e. The van der Waals surface area contributed by atoms with E-state index in [0.29, 0.717) is 17.0 Å². The molecule has 3 N–H and O–H groups in total. The zero-order valence-corrected chi connectivity index (χ0v) is 12.9. The monoisotopic (exact) mass is 316 g/mol. The topological polar surface area (TPSA) is 93.2 Å². The Kier molecular flexibility index (Phi) is 5.06. The maximum Gasteiger partial charge on any atom is 0.353 e. The van der Waals surface area contributed by atoms with Crippen molar-refractivity contribution in [1.29, 1.82) is 5.41 Å². The van der Waals surface area contributed by atoms with Crippen molar-refractivity contribution in [3.63, 3.8) is 0 Å². The standard InChI is InChI=1S/C16H16N2O3S/c1-10(15(18)19)8-13-6-7-14(22-13)16(20)21-12-4-2-11(9-17)3-5-12/h2-7,9-10,17H,8H2,1H3,(H2,18,19). The normalized spacial score (nSPS) is 11.7. The summed E-state index contributed by atoms with van der Waals surface area (Å²) in [6.07, 6.45) is 1.73. The summed E-state index contributed by atoms with van der Waals surface area (Å²) in [7, 11) is 0. The Morgan fingerprint density at radius 3 is 2.55 bits per heavy atom. The third-order valence-corrected chi connectivity index (χ3v) is 4.20. The molecular weight excluding hydrogens is 300 g/mol. The first kappa shape index (κ1) is 15.9. The summed E-state index contributed by atoms with van der Waals surface area (Å²) >= 11 is 1.30. The van der Waals surface area contributed by atoms with E-state index >= 15 is 0 Å². The average molecular weight is 316 g/mol. The van der Waals surface area contributed by atoms with Crippen molar-refractivity contribution in [3.8, 4) is 5.75 Å². The van der Waals surface area contributed by atoms with Crippen LogP contribution in [0, 0.1) is 11.3 Å². The van der Waals surface area contributed by atoms with Crippen LogP contribution < -0.4 is 10.5 Å². The molecule has 1 amide bonds. The lowest BCUT2D eigenvalue weighted by Crippen LogP contribution is -2.21. The predicted molar refractivity (Wildman–Crippen MR) is 85.7 cm³/mol. The van der Waals surface area contributed by atoms with Crippen molar-refractivity contribution in [1.82, 2.24) is 0 Å². The molecule has 1 aromatic carbocycles. The minimum atomic E-state index is -0.439. The van der Waals surface area contributed by atoms with Crippen LogP contribution in [0.3, 0.4) is 0 Å². The van der Waals surface area contributed by atoms with E-state index in [9.17, 15) is 9.59 Å². The smallest absolute Gasteiger partial charge is 0.353 e. The van der Waals surface area contributed by atoms with Crippen molar-refractivity contribution < 1.29 is 14.3 Å². The molecule has 1 unspecified atom stereocenters. The molecule has 0 bridgehead atoms. The Morgan fingerprint density at radius 1 is 1.27 bits per heavy atom. The summed E-state index contributed by atoms with van der Waals surface area (Å²) in [6.45, 7) is 1.75. The Labute approximate surface area is 132 Å². The summed E-state index contributed by atoms with van der Waals surface area (Å²) in [5.74, 6) is -0.637. The van der Waals surface area contributed by atoms with Crippen LogP contribution in [-0.4, -0.2) is 18.1 Å². The van der Waals surface area contributed by atoms with Crippen molar-refractivity contribution in [3.05, 3.63) is 51.7 Å². The van der Waals surface area contributed by atoms with Gasteiger partial charge in [-0.25, -0.2) is 4.79 Å². The van der Waals surface area contributed by atoms with E-state index < -0.39 is 5.97 Å². The second-order valence-corrected chi connectivity index (χ2v) is 6.04.